The van der Waals surface area contributed by atoms with E-state index in [0.717, 1.165) is 0 Å². The molecule has 0 aliphatic carbocycles. The number of carboxylic acids is 1. The fourth-order valence-corrected chi connectivity index (χ4v) is 1.60. The predicted molar refractivity (Wildman–Crippen MR) is 66.9 cm³/mol. The Kier molecular flexibility index (Phi) is 3.19. The average molecular weight is 261 g/mol. The molecule has 98 valence electrons. The first-order valence-electron chi connectivity index (χ1n) is 5.33. The van der Waals surface area contributed by atoms with Crippen molar-refractivity contribution in [2.45, 2.75) is 0 Å². The molecule has 0 aliphatic rings. The van der Waals surface area contributed by atoms with Crippen LogP contribution in [0.3, 0.4) is 0 Å². The summed E-state index contributed by atoms with van der Waals surface area (Å²) < 4.78 is 4.97. The molecule has 0 atom stereocenters. The smallest absolute Gasteiger partial charge is 0.358 e. The van der Waals surface area contributed by atoms with Gasteiger partial charge in [-0.3, -0.25) is 4.90 Å². The van der Waals surface area contributed by atoms with Gasteiger partial charge in [0.1, 0.15) is 0 Å². The summed E-state index contributed by atoms with van der Waals surface area (Å²) in [6.45, 7) is 0. The van der Waals surface area contributed by atoms with Crippen molar-refractivity contribution < 1.29 is 19.2 Å². The van der Waals surface area contributed by atoms with Crippen molar-refractivity contribution in [1.29, 1.82) is 0 Å². The van der Waals surface area contributed by atoms with Crippen molar-refractivity contribution in [1.82, 2.24) is 5.16 Å². The fourth-order valence-electron chi connectivity index (χ4n) is 1.60. The molecule has 1 aromatic heterocycles. The molecule has 19 heavy (non-hydrogen) atoms. The lowest BCUT2D eigenvalue weighted by Gasteiger charge is -2.16. The number of carbonyl (C=O) groups is 2. The van der Waals surface area contributed by atoms with E-state index in [4.69, 9.17) is 15.4 Å². The minimum Gasteiger partial charge on any atom is -0.476 e. The Morgan fingerprint density at radius 3 is 2.63 bits per heavy atom. The molecule has 2 aromatic rings. The number of nitrogens with two attached hydrogens (primary N) is 1. The molecule has 0 bridgehead atoms. The van der Waals surface area contributed by atoms with Crippen LogP contribution in [0.1, 0.15) is 10.5 Å². The lowest BCUT2D eigenvalue weighted by atomic mass is 10.1. The molecule has 0 aliphatic heterocycles. The molecule has 2 amide bonds. The monoisotopic (exact) mass is 261 g/mol. The highest BCUT2D eigenvalue weighted by atomic mass is 16.5. The molecule has 7 nitrogen and oxygen atoms in total. The van der Waals surface area contributed by atoms with E-state index < -0.39 is 12.0 Å². The Hall–Kier alpha value is -2.83. The van der Waals surface area contributed by atoms with E-state index in [9.17, 15) is 9.59 Å². The topological polar surface area (TPSA) is 110 Å². The molecule has 0 radical (unpaired) electrons. The molecule has 0 saturated heterocycles. The van der Waals surface area contributed by atoms with Crippen LogP contribution < -0.4 is 10.6 Å². The second kappa shape index (κ2) is 4.81. The van der Waals surface area contributed by atoms with Gasteiger partial charge in [-0.25, -0.2) is 9.59 Å². The molecule has 0 fully saturated rings. The summed E-state index contributed by atoms with van der Waals surface area (Å²) in [4.78, 5) is 23.2. The first-order chi connectivity index (χ1) is 9.00. The first kappa shape index (κ1) is 12.6. The summed E-state index contributed by atoms with van der Waals surface area (Å²) >= 11 is 0. The molecule has 0 saturated carbocycles. The van der Waals surface area contributed by atoms with Crippen molar-refractivity contribution >= 4 is 17.7 Å². The number of anilines is 1. The Bertz CT molecular complexity index is 635. The Balaban J connectivity index is 2.49. The average Bonchev–Trinajstić information content (AvgIpc) is 2.87. The lowest BCUT2D eigenvalue weighted by Crippen LogP contribution is -2.32. The van der Waals surface area contributed by atoms with E-state index in [2.05, 4.69) is 5.16 Å². The standard InChI is InChI=1S/C12H11N3O4/c1-15(12(13)18)9-5-3-2-4-7(9)10-6-8(11(16)17)14-19-10/h2-6H,1H3,(H2,13,18)(H,16,17). The third kappa shape index (κ3) is 2.39. The van der Waals surface area contributed by atoms with Gasteiger partial charge in [-0.05, 0) is 12.1 Å². The summed E-state index contributed by atoms with van der Waals surface area (Å²) in [5.74, 6) is -0.933. The minimum atomic E-state index is -1.18. The highest BCUT2D eigenvalue weighted by molar-refractivity contribution is 5.95. The van der Waals surface area contributed by atoms with E-state index in [1.54, 1.807) is 24.3 Å². The number of primary amides is 1. The van der Waals surface area contributed by atoms with E-state index in [-0.39, 0.29) is 11.5 Å². The Labute approximate surface area is 108 Å². The van der Waals surface area contributed by atoms with Crippen molar-refractivity contribution in [3.8, 4) is 11.3 Å². The van der Waals surface area contributed by atoms with Gasteiger partial charge in [0, 0.05) is 18.7 Å². The zero-order chi connectivity index (χ0) is 14.0. The van der Waals surface area contributed by atoms with Gasteiger partial charge in [-0.15, -0.1) is 0 Å². The van der Waals surface area contributed by atoms with E-state index in [1.165, 1.54) is 18.0 Å². The van der Waals surface area contributed by atoms with Crippen LogP contribution in [0.15, 0.2) is 34.9 Å². The molecular weight excluding hydrogens is 250 g/mol. The maximum absolute atomic E-state index is 11.2. The Morgan fingerprint density at radius 1 is 1.37 bits per heavy atom. The van der Waals surface area contributed by atoms with Crippen LogP contribution in [-0.2, 0) is 0 Å². The number of amides is 2. The van der Waals surface area contributed by atoms with Gasteiger partial charge in [-0.1, -0.05) is 17.3 Å². The number of rotatable bonds is 3. The van der Waals surface area contributed by atoms with Crippen molar-refractivity contribution in [3.05, 3.63) is 36.0 Å². The van der Waals surface area contributed by atoms with Crippen molar-refractivity contribution in [2.24, 2.45) is 5.73 Å². The van der Waals surface area contributed by atoms with Gasteiger partial charge < -0.3 is 15.4 Å². The van der Waals surface area contributed by atoms with Crippen LogP contribution in [0.5, 0.6) is 0 Å². The number of nitrogens with zero attached hydrogens (tertiary/aromatic N) is 2. The highest BCUT2D eigenvalue weighted by Gasteiger charge is 2.17. The summed E-state index contributed by atoms with van der Waals surface area (Å²) in [7, 11) is 1.51. The molecule has 1 heterocycles. The van der Waals surface area contributed by atoms with Crippen LogP contribution in [-0.4, -0.2) is 29.3 Å². The SMILES string of the molecule is CN(C(N)=O)c1ccccc1-c1cc(C(=O)O)no1. The van der Waals surface area contributed by atoms with Crippen LogP contribution in [0.25, 0.3) is 11.3 Å². The third-order valence-electron chi connectivity index (χ3n) is 2.59. The minimum absolute atomic E-state index is 0.202. The van der Waals surface area contributed by atoms with Crippen LogP contribution in [0, 0.1) is 0 Å². The first-order valence-corrected chi connectivity index (χ1v) is 5.33. The summed E-state index contributed by atoms with van der Waals surface area (Å²) in [5, 5.41) is 12.2. The zero-order valence-electron chi connectivity index (χ0n) is 10.0. The molecule has 0 unspecified atom stereocenters. The largest absolute Gasteiger partial charge is 0.476 e. The molecule has 7 heteroatoms. The molecule has 1 aromatic carbocycles. The molecule has 3 N–H and O–H groups in total. The predicted octanol–water partition coefficient (Wildman–Crippen LogP) is 1.55. The van der Waals surface area contributed by atoms with E-state index in [0.29, 0.717) is 11.3 Å². The summed E-state index contributed by atoms with van der Waals surface area (Å²) in [6.07, 6.45) is 0. The summed E-state index contributed by atoms with van der Waals surface area (Å²) in [6, 6.07) is 7.47. The van der Waals surface area contributed by atoms with Gasteiger partial charge >= 0.3 is 12.0 Å². The van der Waals surface area contributed by atoms with Crippen LogP contribution >= 0.6 is 0 Å². The van der Waals surface area contributed by atoms with Crippen molar-refractivity contribution in [2.75, 3.05) is 11.9 Å². The van der Waals surface area contributed by atoms with Crippen LogP contribution in [0.4, 0.5) is 10.5 Å². The summed E-state index contributed by atoms with van der Waals surface area (Å²) in [5.41, 5.74) is 6.05. The second-order valence-corrected chi connectivity index (χ2v) is 3.80. The van der Waals surface area contributed by atoms with Gasteiger partial charge in [0.25, 0.3) is 0 Å². The number of aromatic carboxylic acids is 1. The number of hydrogen-bond donors (Lipinski definition) is 2. The highest BCUT2D eigenvalue weighted by Crippen LogP contribution is 2.30. The number of para-hydroxylation sites is 1. The molecular formula is C12H11N3O4. The maximum atomic E-state index is 11.2. The van der Waals surface area contributed by atoms with E-state index in [1.807, 2.05) is 0 Å². The third-order valence-corrected chi connectivity index (χ3v) is 2.59. The molecule has 0 spiro atoms. The van der Waals surface area contributed by atoms with Crippen LogP contribution in [0.2, 0.25) is 0 Å². The number of hydrogen-bond acceptors (Lipinski definition) is 4. The van der Waals surface area contributed by atoms with Gasteiger partial charge in [-0.2, -0.15) is 0 Å². The van der Waals surface area contributed by atoms with E-state index >= 15 is 0 Å². The zero-order valence-corrected chi connectivity index (χ0v) is 10.0. The van der Waals surface area contributed by atoms with Gasteiger partial charge in [0.2, 0.25) is 0 Å². The number of carboxylic acid groups (broad SMARTS) is 1. The number of benzene rings is 1. The van der Waals surface area contributed by atoms with Gasteiger partial charge in [0.05, 0.1) is 5.69 Å². The maximum Gasteiger partial charge on any atom is 0.358 e. The van der Waals surface area contributed by atoms with Crippen molar-refractivity contribution in [3.63, 3.8) is 0 Å². The van der Waals surface area contributed by atoms with Gasteiger partial charge in [0.15, 0.2) is 11.5 Å². The quantitative estimate of drug-likeness (QED) is 0.871. The normalized spacial score (nSPS) is 10.2. The number of urea groups is 1. The number of aromatic nitrogens is 1. The second-order valence-electron chi connectivity index (χ2n) is 3.80. The Morgan fingerprint density at radius 2 is 2.05 bits per heavy atom. The lowest BCUT2D eigenvalue weighted by molar-refractivity contribution is 0.0686. The number of carbonyl (C=O) groups excluding carboxylic acids is 1. The molecule has 2 rings (SSSR count). The fraction of sp³-hybridized carbons (Fsp3) is 0.0833.